The molecule has 0 bridgehead atoms. The van der Waals surface area contributed by atoms with Gasteiger partial charge in [0.1, 0.15) is 24.1 Å². The number of carbonyl (C=O) groups is 1. The molecule has 2 aliphatic heterocycles. The molecule has 0 saturated carbocycles. The van der Waals surface area contributed by atoms with Gasteiger partial charge in [-0.25, -0.2) is 4.79 Å². The van der Waals surface area contributed by atoms with Crippen molar-refractivity contribution >= 4 is 29.4 Å². The van der Waals surface area contributed by atoms with Gasteiger partial charge in [0.05, 0.1) is 42.2 Å². The molecular formula is C53H93N3O12P2Si. The number of nitrogens with one attached hydrogen (secondary N) is 1. The maximum absolute atomic E-state index is 15.7. The van der Waals surface area contributed by atoms with Crippen LogP contribution in [0.25, 0.3) is 0 Å². The second-order valence-corrected chi connectivity index (χ2v) is 35.1. The average molecular weight is 1050 g/mol. The average Bonchev–Trinajstić information content (AvgIpc) is 3.13. The molecular weight excluding hydrogens is 961 g/mol. The summed E-state index contributed by atoms with van der Waals surface area (Å²) in [5.41, 5.74) is -0.704. The maximum Gasteiger partial charge on any atom is 0.407 e. The number of rotatable bonds is 23. The van der Waals surface area contributed by atoms with Crippen LogP contribution in [0.2, 0.25) is 25.7 Å². The predicted molar refractivity (Wildman–Crippen MR) is 286 cm³/mol. The van der Waals surface area contributed by atoms with Gasteiger partial charge in [0.15, 0.2) is 0 Å². The zero-order valence-electron chi connectivity index (χ0n) is 47.3. The van der Waals surface area contributed by atoms with Crippen LogP contribution in [0.3, 0.4) is 0 Å². The Kier molecular flexibility index (Phi) is 20.1. The van der Waals surface area contributed by atoms with E-state index in [0.29, 0.717) is 57.1 Å². The third-order valence-corrected chi connectivity index (χ3v) is 17.6. The highest BCUT2D eigenvalue weighted by atomic mass is 31.2. The van der Waals surface area contributed by atoms with Gasteiger partial charge < -0.3 is 47.1 Å². The molecule has 1 unspecified atom stereocenters. The fourth-order valence-electron chi connectivity index (χ4n) is 8.50. The second kappa shape index (κ2) is 23.3. The first-order valence-corrected chi connectivity index (χ1v) is 32.6. The fraction of sp³-hybridized carbons (Fsp3) is 0.755. The van der Waals surface area contributed by atoms with E-state index in [1.165, 1.54) is 0 Å². The lowest BCUT2D eigenvalue weighted by Crippen LogP contribution is -2.54. The van der Waals surface area contributed by atoms with E-state index in [0.717, 1.165) is 28.3 Å². The summed E-state index contributed by atoms with van der Waals surface area (Å²) in [4.78, 5) is 17.2. The van der Waals surface area contributed by atoms with Crippen molar-refractivity contribution in [2.75, 3.05) is 32.3 Å². The standard InChI is InChI=1S/C53H93N3O12P2Si/c1-47(2,3)65-69(58,66-48(4,5)6)38-55(33-40-25-23-27-42-35-61-51(13,14)63-44(40)42)37-53(17,29-21-22-30-54-46(57)60-31-32-71(18,19)20)56(39-70(59,67-49(7,8)9)68-50(10,11)12)34-41-26-24-28-43-36-62-52(15,16)64-45(41)43/h23-28H,21-22,29-39H2,1-20H3,(H,54,57). The third kappa shape index (κ3) is 21.4. The van der Waals surface area contributed by atoms with Gasteiger partial charge >= 0.3 is 21.3 Å². The molecule has 18 heteroatoms. The lowest BCUT2D eigenvalue weighted by atomic mass is 9.91. The molecule has 4 rings (SSSR count). The second-order valence-electron chi connectivity index (χ2n) is 25.7. The minimum absolute atomic E-state index is 0.0939. The molecule has 2 heterocycles. The number of alkyl carbamates (subject to hydrolysis) is 1. The van der Waals surface area contributed by atoms with Crippen LogP contribution in [0.1, 0.15) is 159 Å². The van der Waals surface area contributed by atoms with Crippen molar-refractivity contribution in [3.05, 3.63) is 58.7 Å². The Labute approximate surface area is 429 Å². The molecule has 2 aromatic carbocycles. The Balaban J connectivity index is 1.95. The van der Waals surface area contributed by atoms with Gasteiger partial charge in [-0.15, -0.1) is 0 Å². The summed E-state index contributed by atoms with van der Waals surface area (Å²) in [7, 11) is -9.32. The Morgan fingerprint density at radius 3 is 1.54 bits per heavy atom. The van der Waals surface area contributed by atoms with Gasteiger partial charge in [-0.1, -0.05) is 56.0 Å². The molecule has 1 amide bonds. The Hall–Kier alpha value is -2.33. The van der Waals surface area contributed by atoms with E-state index in [1.54, 1.807) is 0 Å². The SMILES string of the molecule is CC(C)(C)OP(=O)(CN(Cc1cccc2c1OC(C)(C)OC2)CC(C)(CCCCNC(=O)OCC[Si](C)(C)C)N(Cc1cccc2c1OC(C)(C)OC2)CP(=O)(OC(C)(C)C)OC(C)(C)C)OC(C)(C)C. The first-order valence-electron chi connectivity index (χ1n) is 25.4. The molecule has 15 nitrogen and oxygen atoms in total. The van der Waals surface area contributed by atoms with E-state index in [2.05, 4.69) is 41.7 Å². The molecule has 71 heavy (non-hydrogen) atoms. The number of hydrogen-bond acceptors (Lipinski definition) is 14. The highest BCUT2D eigenvalue weighted by Crippen LogP contribution is 2.58. The van der Waals surface area contributed by atoms with Gasteiger partial charge in [-0.3, -0.25) is 18.9 Å². The van der Waals surface area contributed by atoms with Crippen LogP contribution in [-0.2, 0) is 67.7 Å². The predicted octanol–water partition coefficient (Wildman–Crippen LogP) is 13.8. The summed E-state index contributed by atoms with van der Waals surface area (Å²) < 4.78 is 88.2. The van der Waals surface area contributed by atoms with E-state index in [4.69, 9.17) is 41.8 Å². The first kappa shape index (κ1) is 61.2. The number of para-hydroxylation sites is 2. The molecule has 0 aliphatic carbocycles. The Morgan fingerprint density at radius 1 is 0.662 bits per heavy atom. The zero-order chi connectivity index (χ0) is 53.7. The molecule has 1 atom stereocenters. The van der Waals surface area contributed by atoms with Crippen LogP contribution < -0.4 is 14.8 Å². The van der Waals surface area contributed by atoms with E-state index >= 15 is 9.13 Å². The van der Waals surface area contributed by atoms with Crippen molar-refractivity contribution < 1.29 is 55.7 Å². The number of hydrogen-bond donors (Lipinski definition) is 1. The normalized spacial score (nSPS) is 17.5. The smallest absolute Gasteiger partial charge is 0.407 e. The van der Waals surface area contributed by atoms with Gasteiger partial charge in [0.25, 0.3) is 0 Å². The molecule has 2 aliphatic rings. The molecule has 0 fully saturated rings. The van der Waals surface area contributed by atoms with Crippen molar-refractivity contribution in [3.63, 3.8) is 0 Å². The molecule has 0 radical (unpaired) electrons. The number of ether oxygens (including phenoxy) is 5. The zero-order valence-corrected chi connectivity index (χ0v) is 50.1. The number of unbranched alkanes of at least 4 members (excludes halogenated alkanes) is 1. The highest BCUT2D eigenvalue weighted by Gasteiger charge is 2.46. The molecule has 2 aromatic rings. The van der Waals surface area contributed by atoms with Gasteiger partial charge in [-0.2, -0.15) is 0 Å². The largest absolute Gasteiger partial charge is 0.462 e. The highest BCUT2D eigenvalue weighted by molar-refractivity contribution is 7.54. The summed E-state index contributed by atoms with van der Waals surface area (Å²) in [5.74, 6) is -0.369. The Bertz CT molecular complexity index is 2150. The van der Waals surface area contributed by atoms with Crippen LogP contribution in [0.5, 0.6) is 11.5 Å². The van der Waals surface area contributed by atoms with Crippen LogP contribution in [0.15, 0.2) is 36.4 Å². The minimum Gasteiger partial charge on any atom is -0.462 e. The molecule has 0 saturated heterocycles. The summed E-state index contributed by atoms with van der Waals surface area (Å²) in [6.45, 7) is 41.3. The quantitative estimate of drug-likeness (QED) is 0.0638. The van der Waals surface area contributed by atoms with E-state index < -0.39 is 68.9 Å². The first-order chi connectivity index (χ1) is 32.1. The summed E-state index contributed by atoms with van der Waals surface area (Å²) in [6.07, 6.45) is 1.14. The summed E-state index contributed by atoms with van der Waals surface area (Å²) in [6, 6.07) is 12.9. The van der Waals surface area contributed by atoms with Gasteiger partial charge in [0, 0.05) is 89.7 Å². The van der Waals surface area contributed by atoms with Crippen LogP contribution >= 0.6 is 15.2 Å². The van der Waals surface area contributed by atoms with Crippen LogP contribution in [0.4, 0.5) is 4.79 Å². The van der Waals surface area contributed by atoms with Gasteiger partial charge in [0.2, 0.25) is 11.6 Å². The molecule has 1 N–H and O–H groups in total. The molecule has 0 aromatic heterocycles. The van der Waals surface area contributed by atoms with Crippen LogP contribution in [0, 0.1) is 0 Å². The topological polar surface area (TPSA) is 153 Å². The van der Waals surface area contributed by atoms with E-state index in [9.17, 15) is 4.79 Å². The monoisotopic (exact) mass is 1050 g/mol. The number of benzene rings is 2. The van der Waals surface area contributed by atoms with Crippen LogP contribution in [-0.4, -0.2) is 95.8 Å². The third-order valence-electron chi connectivity index (χ3n) is 11.2. The van der Waals surface area contributed by atoms with Crippen molar-refractivity contribution in [2.45, 2.75) is 228 Å². The van der Waals surface area contributed by atoms with Gasteiger partial charge in [-0.05, 0) is 115 Å². The van der Waals surface area contributed by atoms with E-state index in [1.807, 2.05) is 147 Å². The number of fused-ring (bicyclic) bond motifs is 2. The van der Waals surface area contributed by atoms with Crippen molar-refractivity contribution in [3.8, 4) is 11.5 Å². The lowest BCUT2D eigenvalue weighted by molar-refractivity contribution is -0.181. The number of amides is 1. The maximum atomic E-state index is 15.7. The number of nitrogens with zero attached hydrogens (tertiary/aromatic N) is 2. The van der Waals surface area contributed by atoms with Crippen molar-refractivity contribution in [1.29, 1.82) is 0 Å². The Morgan fingerprint density at radius 2 is 1.10 bits per heavy atom. The minimum atomic E-state index is -3.99. The van der Waals surface area contributed by atoms with Crippen molar-refractivity contribution in [1.82, 2.24) is 15.1 Å². The fourth-order valence-corrected chi connectivity index (χ4v) is 14.4. The molecule has 406 valence electrons. The number of carbonyl (C=O) groups excluding carboxylic acids is 1. The summed E-state index contributed by atoms with van der Waals surface area (Å²) >= 11 is 0. The summed E-state index contributed by atoms with van der Waals surface area (Å²) in [5, 5.41) is 2.96. The van der Waals surface area contributed by atoms with E-state index in [-0.39, 0.29) is 32.2 Å². The molecule has 0 spiro atoms. The lowest BCUT2D eigenvalue weighted by Gasteiger charge is -2.47. The van der Waals surface area contributed by atoms with Crippen molar-refractivity contribution in [2.24, 2.45) is 0 Å².